The van der Waals surface area contributed by atoms with Crippen molar-refractivity contribution < 1.29 is 4.79 Å². The van der Waals surface area contributed by atoms with Gasteiger partial charge in [0.05, 0.1) is 5.41 Å². The first kappa shape index (κ1) is 12.7. The molecule has 2 aliphatic heterocycles. The van der Waals surface area contributed by atoms with Gasteiger partial charge in [0.2, 0.25) is 5.91 Å². The first-order valence-corrected chi connectivity index (χ1v) is 7.34. The number of amides is 1. The lowest BCUT2D eigenvalue weighted by Crippen LogP contribution is -2.50. The van der Waals surface area contributed by atoms with E-state index in [0.717, 1.165) is 51.9 Å². The molecule has 1 amide bonds. The van der Waals surface area contributed by atoms with Crippen molar-refractivity contribution in [3.05, 3.63) is 35.9 Å². The summed E-state index contributed by atoms with van der Waals surface area (Å²) in [7, 11) is 0. The average molecular weight is 258 g/mol. The topological polar surface area (TPSA) is 32.3 Å². The number of likely N-dealkylation sites (tertiary alicyclic amines) is 1. The molecule has 19 heavy (non-hydrogen) atoms. The van der Waals surface area contributed by atoms with Crippen molar-refractivity contribution in [1.29, 1.82) is 0 Å². The van der Waals surface area contributed by atoms with Crippen LogP contribution in [0.3, 0.4) is 0 Å². The van der Waals surface area contributed by atoms with Crippen molar-refractivity contribution in [2.45, 2.75) is 25.7 Å². The lowest BCUT2D eigenvalue weighted by molar-refractivity contribution is -0.145. The Bertz CT molecular complexity index is 437. The molecule has 0 unspecified atom stereocenters. The molecule has 2 saturated heterocycles. The summed E-state index contributed by atoms with van der Waals surface area (Å²) in [6.07, 6.45) is 4.21. The highest BCUT2D eigenvalue weighted by molar-refractivity contribution is 5.84. The molecule has 0 aromatic heterocycles. The van der Waals surface area contributed by atoms with E-state index in [9.17, 15) is 4.79 Å². The van der Waals surface area contributed by atoms with Crippen molar-refractivity contribution in [2.24, 2.45) is 5.41 Å². The Hall–Kier alpha value is -1.35. The molecule has 3 heteroatoms. The third-order valence-corrected chi connectivity index (χ3v) is 4.58. The van der Waals surface area contributed by atoms with E-state index < -0.39 is 0 Å². The van der Waals surface area contributed by atoms with Gasteiger partial charge in [0.15, 0.2) is 0 Å². The van der Waals surface area contributed by atoms with Crippen LogP contribution < -0.4 is 5.32 Å². The summed E-state index contributed by atoms with van der Waals surface area (Å²) in [5.41, 5.74) is 1.24. The van der Waals surface area contributed by atoms with Crippen LogP contribution in [-0.2, 0) is 11.2 Å². The van der Waals surface area contributed by atoms with Crippen molar-refractivity contribution in [3.8, 4) is 0 Å². The smallest absolute Gasteiger partial charge is 0.230 e. The second kappa shape index (κ2) is 5.33. The molecule has 1 atom stereocenters. The molecule has 0 aliphatic carbocycles. The lowest BCUT2D eigenvalue weighted by Gasteiger charge is -2.39. The van der Waals surface area contributed by atoms with Gasteiger partial charge in [0, 0.05) is 19.6 Å². The largest absolute Gasteiger partial charge is 0.342 e. The van der Waals surface area contributed by atoms with Crippen LogP contribution in [0.4, 0.5) is 0 Å². The highest BCUT2D eigenvalue weighted by Gasteiger charge is 2.45. The van der Waals surface area contributed by atoms with E-state index in [1.807, 2.05) is 6.07 Å². The fourth-order valence-electron chi connectivity index (χ4n) is 3.41. The van der Waals surface area contributed by atoms with Crippen molar-refractivity contribution in [1.82, 2.24) is 10.2 Å². The fourth-order valence-corrected chi connectivity index (χ4v) is 3.41. The summed E-state index contributed by atoms with van der Waals surface area (Å²) in [4.78, 5) is 14.7. The number of carbonyl (C=O) groups excluding carboxylic acids is 1. The Kier molecular flexibility index (Phi) is 3.56. The van der Waals surface area contributed by atoms with Crippen molar-refractivity contribution >= 4 is 5.91 Å². The molecule has 0 saturated carbocycles. The minimum Gasteiger partial charge on any atom is -0.342 e. The number of nitrogens with one attached hydrogen (secondary N) is 1. The van der Waals surface area contributed by atoms with E-state index >= 15 is 0 Å². The standard InChI is InChI=1S/C16H22N2O/c19-15-16(9-10-17-13-16)8-4-11-18(15)12-7-14-5-2-1-3-6-14/h1-3,5-6,17H,4,7-13H2/t16-/m1/s1. The molecule has 1 N–H and O–H groups in total. The predicted octanol–water partition coefficient (Wildman–Crippen LogP) is 1.83. The van der Waals surface area contributed by atoms with Crippen LogP contribution in [0.2, 0.25) is 0 Å². The van der Waals surface area contributed by atoms with Crippen LogP contribution >= 0.6 is 0 Å². The number of carbonyl (C=O) groups is 1. The van der Waals surface area contributed by atoms with Gasteiger partial charge in [0.1, 0.15) is 0 Å². The second-order valence-electron chi connectivity index (χ2n) is 5.84. The van der Waals surface area contributed by atoms with E-state index in [1.54, 1.807) is 0 Å². The minimum absolute atomic E-state index is 0.0745. The maximum Gasteiger partial charge on any atom is 0.230 e. The van der Waals surface area contributed by atoms with Gasteiger partial charge in [-0.05, 0) is 37.8 Å². The maximum absolute atomic E-state index is 12.7. The maximum atomic E-state index is 12.7. The van der Waals surface area contributed by atoms with Gasteiger partial charge in [-0.1, -0.05) is 30.3 Å². The number of nitrogens with zero attached hydrogens (tertiary/aromatic N) is 1. The number of rotatable bonds is 3. The number of hydrogen-bond donors (Lipinski definition) is 1. The van der Waals surface area contributed by atoms with Gasteiger partial charge in [-0.25, -0.2) is 0 Å². The van der Waals surface area contributed by atoms with E-state index in [2.05, 4.69) is 34.5 Å². The number of hydrogen-bond acceptors (Lipinski definition) is 2. The molecule has 3 rings (SSSR count). The molecule has 1 aromatic rings. The Morgan fingerprint density at radius 3 is 2.79 bits per heavy atom. The van der Waals surface area contributed by atoms with E-state index in [-0.39, 0.29) is 5.41 Å². The summed E-state index contributed by atoms with van der Waals surface area (Å²) in [6.45, 7) is 3.68. The van der Waals surface area contributed by atoms with Crippen LogP contribution in [0.1, 0.15) is 24.8 Å². The van der Waals surface area contributed by atoms with Crippen LogP contribution in [0.15, 0.2) is 30.3 Å². The number of piperidine rings is 1. The third kappa shape index (κ3) is 2.52. The van der Waals surface area contributed by atoms with E-state index in [4.69, 9.17) is 0 Å². The zero-order valence-electron chi connectivity index (χ0n) is 11.4. The van der Waals surface area contributed by atoms with Gasteiger partial charge < -0.3 is 10.2 Å². The van der Waals surface area contributed by atoms with Gasteiger partial charge in [-0.2, -0.15) is 0 Å². The molecule has 1 aromatic carbocycles. The van der Waals surface area contributed by atoms with Crippen molar-refractivity contribution in [3.63, 3.8) is 0 Å². The van der Waals surface area contributed by atoms with Gasteiger partial charge in [-0.15, -0.1) is 0 Å². The monoisotopic (exact) mass is 258 g/mol. The summed E-state index contributed by atoms with van der Waals surface area (Å²) in [6, 6.07) is 10.4. The van der Waals surface area contributed by atoms with E-state index in [1.165, 1.54) is 5.56 Å². The first-order chi connectivity index (χ1) is 9.30. The Labute approximate surface area is 115 Å². The Morgan fingerprint density at radius 2 is 2.05 bits per heavy atom. The van der Waals surface area contributed by atoms with Gasteiger partial charge >= 0.3 is 0 Å². The van der Waals surface area contributed by atoms with Crippen molar-refractivity contribution in [2.75, 3.05) is 26.2 Å². The summed E-state index contributed by atoms with van der Waals surface area (Å²) in [5, 5.41) is 3.36. The zero-order valence-corrected chi connectivity index (χ0v) is 11.4. The quantitative estimate of drug-likeness (QED) is 0.897. The molecule has 2 fully saturated rings. The summed E-state index contributed by atoms with van der Waals surface area (Å²) in [5.74, 6) is 0.389. The molecule has 0 radical (unpaired) electrons. The predicted molar refractivity (Wildman–Crippen MR) is 75.9 cm³/mol. The Balaban J connectivity index is 1.63. The average Bonchev–Trinajstić information content (AvgIpc) is 2.91. The molecule has 102 valence electrons. The Morgan fingerprint density at radius 1 is 1.21 bits per heavy atom. The van der Waals surface area contributed by atoms with Crippen LogP contribution in [0.5, 0.6) is 0 Å². The SMILES string of the molecule is O=C1N(CCc2ccccc2)CCC[C@]12CCNC2. The minimum atomic E-state index is -0.0745. The third-order valence-electron chi connectivity index (χ3n) is 4.58. The first-order valence-electron chi connectivity index (χ1n) is 7.34. The molecule has 3 nitrogen and oxygen atoms in total. The molecule has 1 spiro atoms. The molecule has 0 bridgehead atoms. The van der Waals surface area contributed by atoms with Crippen LogP contribution in [0.25, 0.3) is 0 Å². The molecule has 2 aliphatic rings. The van der Waals surface area contributed by atoms with Gasteiger partial charge in [0.25, 0.3) is 0 Å². The van der Waals surface area contributed by atoms with Gasteiger partial charge in [-0.3, -0.25) is 4.79 Å². The van der Waals surface area contributed by atoms with Crippen LogP contribution in [-0.4, -0.2) is 37.0 Å². The molecule has 2 heterocycles. The van der Waals surface area contributed by atoms with E-state index in [0.29, 0.717) is 5.91 Å². The summed E-state index contributed by atoms with van der Waals surface area (Å²) < 4.78 is 0. The number of benzene rings is 1. The highest BCUT2D eigenvalue weighted by Crippen LogP contribution is 2.36. The van der Waals surface area contributed by atoms with Crippen LogP contribution in [0, 0.1) is 5.41 Å². The highest BCUT2D eigenvalue weighted by atomic mass is 16.2. The summed E-state index contributed by atoms with van der Waals surface area (Å²) >= 11 is 0. The lowest BCUT2D eigenvalue weighted by atomic mass is 9.78. The zero-order chi connectivity index (χ0) is 13.1. The molecular weight excluding hydrogens is 236 g/mol. The second-order valence-corrected chi connectivity index (χ2v) is 5.84. The normalized spacial score (nSPS) is 27.2. The molecular formula is C16H22N2O. The fraction of sp³-hybridized carbons (Fsp3) is 0.562.